The van der Waals surface area contributed by atoms with Gasteiger partial charge in [0, 0.05) is 30.2 Å². The van der Waals surface area contributed by atoms with Crippen molar-refractivity contribution in [3.63, 3.8) is 0 Å². The standard InChI is InChI=1S/C26H22F3N5O2/c1-15(26(27,28)29)34-10-9-30-25(34)21-4-2-3-20(32-21)19-13-36-23-8-7-17(11-18(23)24(19)35)33-12-22(31-14-33)16-5-6-16/h2-4,7-12,14-16,19H,5-6,13H2,1H3. The first kappa shape index (κ1) is 22.5. The van der Waals surface area contributed by atoms with E-state index in [1.807, 2.05) is 16.8 Å². The van der Waals surface area contributed by atoms with E-state index < -0.39 is 18.1 Å². The van der Waals surface area contributed by atoms with Crippen LogP contribution in [-0.2, 0) is 0 Å². The zero-order chi connectivity index (χ0) is 25.0. The van der Waals surface area contributed by atoms with Crippen molar-refractivity contribution in [3.8, 4) is 23.0 Å². The zero-order valence-electron chi connectivity index (χ0n) is 19.3. The highest BCUT2D eigenvalue weighted by atomic mass is 19.4. The number of imidazole rings is 2. The van der Waals surface area contributed by atoms with Crippen molar-refractivity contribution < 1.29 is 22.7 Å². The Morgan fingerprint density at radius 2 is 1.94 bits per heavy atom. The molecule has 36 heavy (non-hydrogen) atoms. The van der Waals surface area contributed by atoms with Gasteiger partial charge in [0.15, 0.2) is 11.6 Å². The lowest BCUT2D eigenvalue weighted by Crippen LogP contribution is -2.27. The van der Waals surface area contributed by atoms with Gasteiger partial charge in [-0.15, -0.1) is 0 Å². The predicted molar refractivity (Wildman–Crippen MR) is 124 cm³/mol. The number of nitrogens with zero attached hydrogens (tertiary/aromatic N) is 5. The second kappa shape index (κ2) is 8.32. The number of fused-ring (bicyclic) bond motifs is 1. The minimum absolute atomic E-state index is 0.0834. The predicted octanol–water partition coefficient (Wildman–Crippen LogP) is 5.49. The van der Waals surface area contributed by atoms with Gasteiger partial charge in [-0.05, 0) is 50.1 Å². The molecule has 2 aliphatic rings. The van der Waals surface area contributed by atoms with E-state index in [0.29, 0.717) is 22.9 Å². The van der Waals surface area contributed by atoms with Crippen molar-refractivity contribution in [3.05, 3.63) is 78.3 Å². The van der Waals surface area contributed by atoms with Crippen LogP contribution in [0.25, 0.3) is 17.2 Å². The molecule has 3 aromatic heterocycles. The third kappa shape index (κ3) is 3.96. The Hall–Kier alpha value is -3.95. The van der Waals surface area contributed by atoms with Gasteiger partial charge in [0.25, 0.3) is 0 Å². The van der Waals surface area contributed by atoms with E-state index in [1.54, 1.807) is 36.7 Å². The molecule has 1 fully saturated rings. The van der Waals surface area contributed by atoms with Crippen molar-refractivity contribution >= 4 is 5.78 Å². The number of carbonyl (C=O) groups excluding carboxylic acids is 1. The van der Waals surface area contributed by atoms with Gasteiger partial charge in [0.05, 0.1) is 29.2 Å². The average Bonchev–Trinajstić information content (AvgIpc) is 3.39. The first-order valence-corrected chi connectivity index (χ1v) is 11.7. The Morgan fingerprint density at radius 1 is 1.11 bits per heavy atom. The lowest BCUT2D eigenvalue weighted by molar-refractivity contribution is -0.162. The Kier molecular flexibility index (Phi) is 5.20. The molecule has 0 bridgehead atoms. The highest BCUT2D eigenvalue weighted by Crippen LogP contribution is 2.40. The molecule has 1 aliphatic carbocycles. The van der Waals surface area contributed by atoms with E-state index in [9.17, 15) is 18.0 Å². The summed E-state index contributed by atoms with van der Waals surface area (Å²) < 4.78 is 48.8. The molecule has 1 saturated carbocycles. The van der Waals surface area contributed by atoms with Crippen LogP contribution >= 0.6 is 0 Å². The van der Waals surface area contributed by atoms with Gasteiger partial charge >= 0.3 is 6.18 Å². The Bertz CT molecular complexity index is 1450. The molecule has 0 amide bonds. The monoisotopic (exact) mass is 493 g/mol. The minimum atomic E-state index is -4.43. The van der Waals surface area contributed by atoms with Gasteiger partial charge in [0.2, 0.25) is 0 Å². The number of hydrogen-bond donors (Lipinski definition) is 0. The van der Waals surface area contributed by atoms with Crippen molar-refractivity contribution in [1.82, 2.24) is 24.1 Å². The van der Waals surface area contributed by atoms with Crippen LogP contribution in [-0.4, -0.2) is 42.7 Å². The minimum Gasteiger partial charge on any atom is -0.492 e. The van der Waals surface area contributed by atoms with E-state index in [1.165, 1.54) is 12.4 Å². The summed E-state index contributed by atoms with van der Waals surface area (Å²) in [5, 5.41) is 0. The number of hydrogen-bond acceptors (Lipinski definition) is 5. The van der Waals surface area contributed by atoms with E-state index in [-0.39, 0.29) is 23.9 Å². The molecule has 0 radical (unpaired) electrons. The number of aromatic nitrogens is 5. The Balaban J connectivity index is 1.30. The molecule has 10 heteroatoms. The first-order chi connectivity index (χ1) is 17.3. The molecule has 184 valence electrons. The fourth-order valence-electron chi connectivity index (χ4n) is 4.47. The number of carbonyl (C=O) groups is 1. The Labute approximate surface area is 204 Å². The quantitative estimate of drug-likeness (QED) is 0.368. The number of pyridine rings is 1. The SMILES string of the molecule is CC(n1ccnc1-c1cccc(C2COc3ccc(-n4cnc(C5CC5)c4)cc3C2=O)n1)C(F)(F)F. The zero-order valence-corrected chi connectivity index (χ0v) is 19.3. The number of rotatable bonds is 5. The van der Waals surface area contributed by atoms with Gasteiger partial charge in [-0.3, -0.25) is 4.79 Å². The van der Waals surface area contributed by atoms with Crippen LogP contribution in [0.15, 0.2) is 61.3 Å². The third-order valence-electron chi connectivity index (χ3n) is 6.76. The molecule has 2 unspecified atom stereocenters. The van der Waals surface area contributed by atoms with E-state index in [4.69, 9.17) is 4.74 Å². The maximum atomic E-state index is 13.5. The lowest BCUT2D eigenvalue weighted by Gasteiger charge is -2.25. The van der Waals surface area contributed by atoms with Crippen LogP contribution < -0.4 is 4.74 Å². The van der Waals surface area contributed by atoms with Gasteiger partial charge in [-0.1, -0.05) is 6.07 Å². The summed E-state index contributed by atoms with van der Waals surface area (Å²) in [5.41, 5.74) is 2.96. The van der Waals surface area contributed by atoms with Crippen LogP contribution in [0.4, 0.5) is 13.2 Å². The topological polar surface area (TPSA) is 74.8 Å². The maximum Gasteiger partial charge on any atom is 0.408 e. The number of ketones is 1. The number of ether oxygens (including phenoxy) is 1. The molecule has 4 aromatic rings. The number of alkyl halides is 3. The van der Waals surface area contributed by atoms with Crippen molar-refractivity contribution in [2.24, 2.45) is 0 Å². The van der Waals surface area contributed by atoms with Crippen LogP contribution in [0, 0.1) is 0 Å². The van der Waals surface area contributed by atoms with Crippen molar-refractivity contribution in [2.75, 3.05) is 6.61 Å². The fourth-order valence-corrected chi connectivity index (χ4v) is 4.47. The summed E-state index contributed by atoms with van der Waals surface area (Å²) >= 11 is 0. The number of halogens is 3. The molecular formula is C26H22F3N5O2. The smallest absolute Gasteiger partial charge is 0.408 e. The van der Waals surface area contributed by atoms with Crippen LogP contribution in [0.5, 0.6) is 5.75 Å². The van der Waals surface area contributed by atoms with E-state index in [2.05, 4.69) is 15.0 Å². The first-order valence-electron chi connectivity index (χ1n) is 11.7. The summed E-state index contributed by atoms with van der Waals surface area (Å²) in [4.78, 5) is 26.6. The van der Waals surface area contributed by atoms with E-state index >= 15 is 0 Å². The summed E-state index contributed by atoms with van der Waals surface area (Å²) in [6.45, 7) is 1.15. The number of Topliss-reactive ketones (excluding diaryl/α,β-unsaturated/α-hetero) is 1. The Morgan fingerprint density at radius 3 is 2.72 bits per heavy atom. The molecule has 7 nitrogen and oxygen atoms in total. The molecule has 1 aromatic carbocycles. The van der Waals surface area contributed by atoms with Gasteiger partial charge in [-0.2, -0.15) is 13.2 Å². The van der Waals surface area contributed by atoms with Gasteiger partial charge < -0.3 is 13.9 Å². The largest absolute Gasteiger partial charge is 0.492 e. The normalized spacial score (nSPS) is 18.6. The highest BCUT2D eigenvalue weighted by Gasteiger charge is 2.39. The van der Waals surface area contributed by atoms with Crippen molar-refractivity contribution in [1.29, 1.82) is 0 Å². The molecule has 1 aliphatic heterocycles. The second-order valence-electron chi connectivity index (χ2n) is 9.21. The summed E-state index contributed by atoms with van der Waals surface area (Å²) in [6, 6.07) is 8.60. The van der Waals surface area contributed by atoms with Crippen LogP contribution in [0.2, 0.25) is 0 Å². The molecule has 2 atom stereocenters. The molecule has 0 saturated heterocycles. The molecule has 6 rings (SSSR count). The van der Waals surface area contributed by atoms with Crippen LogP contribution in [0.3, 0.4) is 0 Å². The van der Waals surface area contributed by atoms with E-state index in [0.717, 1.165) is 35.7 Å². The summed E-state index contributed by atoms with van der Waals surface area (Å²) in [6.07, 6.45) is 4.18. The molecule has 0 spiro atoms. The summed E-state index contributed by atoms with van der Waals surface area (Å²) in [5.74, 6) is 0.248. The highest BCUT2D eigenvalue weighted by molar-refractivity contribution is 6.04. The van der Waals surface area contributed by atoms with Gasteiger partial charge in [-0.25, -0.2) is 15.0 Å². The third-order valence-corrected chi connectivity index (χ3v) is 6.76. The second-order valence-corrected chi connectivity index (χ2v) is 9.21. The van der Waals surface area contributed by atoms with Crippen LogP contribution in [0.1, 0.15) is 59.4 Å². The number of benzene rings is 1. The fraction of sp³-hybridized carbons (Fsp3) is 0.308. The van der Waals surface area contributed by atoms with Crippen molar-refractivity contribution in [2.45, 2.75) is 43.8 Å². The maximum absolute atomic E-state index is 13.5. The lowest BCUT2D eigenvalue weighted by atomic mass is 9.91. The summed E-state index contributed by atoms with van der Waals surface area (Å²) in [7, 11) is 0. The average molecular weight is 493 g/mol. The molecule has 4 heterocycles. The van der Waals surface area contributed by atoms with Gasteiger partial charge in [0.1, 0.15) is 24.1 Å². The molecule has 0 N–H and O–H groups in total. The molecular weight excluding hydrogens is 471 g/mol.